The van der Waals surface area contributed by atoms with Crippen molar-refractivity contribution in [2.75, 3.05) is 6.61 Å². The van der Waals surface area contributed by atoms with Crippen molar-refractivity contribution in [1.82, 2.24) is 9.97 Å². The fourth-order valence-electron chi connectivity index (χ4n) is 1.50. The normalized spacial score (nSPS) is 16.4. The number of H-pyrrole nitrogens is 1. The van der Waals surface area contributed by atoms with Crippen LogP contribution in [0.1, 0.15) is 0 Å². The maximum Gasteiger partial charge on any atom is 0.151 e. The van der Waals surface area contributed by atoms with Gasteiger partial charge in [-0.05, 0) is 12.1 Å². The highest BCUT2D eigenvalue weighted by molar-refractivity contribution is 5.73. The summed E-state index contributed by atoms with van der Waals surface area (Å²) in [4.78, 5) is 17.0. The van der Waals surface area contributed by atoms with E-state index >= 15 is 0 Å². The number of aldehydes is 1. The summed E-state index contributed by atoms with van der Waals surface area (Å²) in [7, 11) is 0. The predicted molar refractivity (Wildman–Crippen MR) is 73.3 cm³/mol. The van der Waals surface area contributed by atoms with Crippen molar-refractivity contribution in [1.29, 1.82) is 0 Å². The largest absolute Gasteiger partial charge is 0.394 e. The minimum Gasteiger partial charge on any atom is -0.394 e. The third-order valence-corrected chi connectivity index (χ3v) is 2.75. The smallest absolute Gasteiger partial charge is 0.151 e. The molecule has 4 atom stereocenters. The molecule has 0 amide bonds. The van der Waals surface area contributed by atoms with Gasteiger partial charge in [0.1, 0.15) is 24.4 Å². The summed E-state index contributed by atoms with van der Waals surface area (Å²) in [6.45, 7) is -0.760. The average Bonchev–Trinajstić information content (AvgIpc) is 3.01. The van der Waals surface area contributed by atoms with Gasteiger partial charge in [-0.25, -0.2) is 4.98 Å². The minimum atomic E-state index is -1.79. The molecule has 0 saturated heterocycles. The number of para-hydroxylation sites is 2. The Balaban J connectivity index is 0.000000216. The number of carbonyl (C=O) groups excluding carboxylic acids is 1. The zero-order chi connectivity index (χ0) is 15.8. The Kier molecular flexibility index (Phi) is 6.92. The Morgan fingerprint density at radius 3 is 2.38 bits per heavy atom. The lowest BCUT2D eigenvalue weighted by atomic mass is 10.0. The molecule has 8 heteroatoms. The van der Waals surface area contributed by atoms with Crippen molar-refractivity contribution in [2.45, 2.75) is 24.4 Å². The fourth-order valence-corrected chi connectivity index (χ4v) is 1.50. The van der Waals surface area contributed by atoms with E-state index in [2.05, 4.69) is 9.97 Å². The molecule has 2 aromatic rings. The molecule has 21 heavy (non-hydrogen) atoms. The van der Waals surface area contributed by atoms with Crippen LogP contribution in [0.15, 0.2) is 30.6 Å². The number of carbonyl (C=O) groups is 1. The third-order valence-electron chi connectivity index (χ3n) is 2.75. The number of aromatic nitrogens is 2. The first-order chi connectivity index (χ1) is 10.0. The Morgan fingerprint density at radius 1 is 1.14 bits per heavy atom. The Hall–Kier alpha value is -1.84. The summed E-state index contributed by atoms with van der Waals surface area (Å²) >= 11 is 0. The third kappa shape index (κ3) is 4.88. The number of aliphatic hydroxyl groups is 5. The van der Waals surface area contributed by atoms with Crippen LogP contribution in [0.25, 0.3) is 11.0 Å². The molecule has 0 aliphatic rings. The summed E-state index contributed by atoms with van der Waals surface area (Å²) in [5.41, 5.74) is 2.12. The number of benzene rings is 1. The number of hydrogen-bond acceptors (Lipinski definition) is 7. The summed E-state index contributed by atoms with van der Waals surface area (Å²) in [5, 5.41) is 43.5. The highest BCUT2D eigenvalue weighted by atomic mass is 16.4. The van der Waals surface area contributed by atoms with E-state index in [1.54, 1.807) is 6.33 Å². The van der Waals surface area contributed by atoms with E-state index in [1.165, 1.54) is 0 Å². The Morgan fingerprint density at radius 2 is 1.81 bits per heavy atom. The van der Waals surface area contributed by atoms with Crippen LogP contribution in [0.5, 0.6) is 0 Å². The Bertz CT molecular complexity index is 516. The number of aliphatic hydroxyl groups excluding tert-OH is 5. The van der Waals surface area contributed by atoms with Gasteiger partial charge in [0, 0.05) is 0 Å². The van der Waals surface area contributed by atoms with Crippen LogP contribution < -0.4 is 0 Å². The molecule has 1 heterocycles. The SMILES string of the molecule is O=CC(O)C(O)C(O)C(O)CO.c1ccc2[nH]cnc2c1. The first kappa shape index (κ1) is 17.2. The molecule has 8 nitrogen and oxygen atoms in total. The first-order valence-electron chi connectivity index (χ1n) is 6.17. The van der Waals surface area contributed by atoms with Crippen molar-refractivity contribution in [3.05, 3.63) is 30.6 Å². The van der Waals surface area contributed by atoms with Crippen LogP contribution >= 0.6 is 0 Å². The zero-order valence-electron chi connectivity index (χ0n) is 11.1. The van der Waals surface area contributed by atoms with Gasteiger partial charge in [-0.2, -0.15) is 0 Å². The van der Waals surface area contributed by atoms with Gasteiger partial charge in [0.2, 0.25) is 0 Å². The van der Waals surface area contributed by atoms with Gasteiger partial charge in [0.05, 0.1) is 24.0 Å². The predicted octanol–water partition coefficient (Wildman–Crippen LogP) is -1.82. The number of rotatable bonds is 5. The highest BCUT2D eigenvalue weighted by Gasteiger charge is 2.29. The number of aromatic amines is 1. The monoisotopic (exact) mass is 298 g/mol. The molecule has 4 unspecified atom stereocenters. The topological polar surface area (TPSA) is 147 Å². The molecular weight excluding hydrogens is 280 g/mol. The molecule has 6 N–H and O–H groups in total. The van der Waals surface area contributed by atoms with Crippen molar-refractivity contribution in [2.24, 2.45) is 0 Å². The second-order valence-corrected chi connectivity index (χ2v) is 4.28. The van der Waals surface area contributed by atoms with Gasteiger partial charge < -0.3 is 35.3 Å². The van der Waals surface area contributed by atoms with E-state index < -0.39 is 31.0 Å². The van der Waals surface area contributed by atoms with Crippen molar-refractivity contribution in [3.8, 4) is 0 Å². The summed E-state index contributed by atoms with van der Waals surface area (Å²) in [5.74, 6) is 0. The van der Waals surface area contributed by atoms with Gasteiger partial charge in [-0.15, -0.1) is 0 Å². The van der Waals surface area contributed by atoms with E-state index in [0.717, 1.165) is 11.0 Å². The lowest BCUT2D eigenvalue weighted by Crippen LogP contribution is -2.46. The standard InChI is InChI=1S/C7H6N2.C6H12O6/c1-2-4-7-6(3-1)8-5-9-7;7-1-3(9)5(11)6(12)4(10)2-8/h1-5H,(H,8,9);1,3-6,8-12H,2H2. The van der Waals surface area contributed by atoms with E-state index in [9.17, 15) is 4.79 Å². The highest BCUT2D eigenvalue weighted by Crippen LogP contribution is 2.05. The molecule has 116 valence electrons. The molecule has 1 aromatic carbocycles. The number of fused-ring (bicyclic) bond motifs is 1. The summed E-state index contributed by atoms with van der Waals surface area (Å²) in [6.07, 6.45) is -5.14. The number of nitrogens with one attached hydrogen (secondary N) is 1. The van der Waals surface area contributed by atoms with Crippen LogP contribution in [-0.2, 0) is 4.79 Å². The van der Waals surface area contributed by atoms with E-state index in [1.807, 2.05) is 24.3 Å². The maximum absolute atomic E-state index is 9.90. The van der Waals surface area contributed by atoms with Crippen LogP contribution in [0.2, 0.25) is 0 Å². The van der Waals surface area contributed by atoms with E-state index in [-0.39, 0.29) is 6.29 Å². The van der Waals surface area contributed by atoms with Crippen LogP contribution in [0.3, 0.4) is 0 Å². The fraction of sp³-hybridized carbons (Fsp3) is 0.385. The van der Waals surface area contributed by atoms with E-state index in [4.69, 9.17) is 25.5 Å². The molecule has 0 spiro atoms. The molecule has 0 fully saturated rings. The van der Waals surface area contributed by atoms with Crippen molar-refractivity contribution >= 4 is 17.3 Å². The molecule has 0 aliphatic heterocycles. The second-order valence-electron chi connectivity index (χ2n) is 4.28. The summed E-state index contributed by atoms with van der Waals surface area (Å²) < 4.78 is 0. The summed E-state index contributed by atoms with van der Waals surface area (Å²) in [6, 6.07) is 7.94. The molecular formula is C13H18N2O6. The number of imidazole rings is 1. The molecule has 0 aliphatic carbocycles. The van der Waals surface area contributed by atoms with Gasteiger partial charge in [-0.3, -0.25) is 0 Å². The van der Waals surface area contributed by atoms with E-state index in [0.29, 0.717) is 0 Å². The lowest BCUT2D eigenvalue weighted by Gasteiger charge is -2.22. The Labute approximate surface area is 120 Å². The lowest BCUT2D eigenvalue weighted by molar-refractivity contribution is -0.136. The molecule has 2 rings (SSSR count). The minimum absolute atomic E-state index is 0.0258. The van der Waals surface area contributed by atoms with Gasteiger partial charge in [0.25, 0.3) is 0 Å². The zero-order valence-corrected chi connectivity index (χ0v) is 11.1. The number of hydrogen-bond donors (Lipinski definition) is 6. The molecule has 0 bridgehead atoms. The van der Waals surface area contributed by atoms with Crippen molar-refractivity contribution < 1.29 is 30.3 Å². The molecule has 1 aromatic heterocycles. The van der Waals surface area contributed by atoms with Gasteiger partial charge >= 0.3 is 0 Å². The van der Waals surface area contributed by atoms with Crippen LogP contribution in [0, 0.1) is 0 Å². The quantitative estimate of drug-likeness (QED) is 0.356. The maximum atomic E-state index is 9.90. The second kappa shape index (κ2) is 8.45. The molecule has 0 saturated carbocycles. The van der Waals surface area contributed by atoms with Gasteiger partial charge in [0.15, 0.2) is 6.29 Å². The number of nitrogens with zero attached hydrogens (tertiary/aromatic N) is 1. The van der Waals surface area contributed by atoms with Crippen LogP contribution in [0.4, 0.5) is 0 Å². The van der Waals surface area contributed by atoms with Crippen molar-refractivity contribution in [3.63, 3.8) is 0 Å². The first-order valence-corrected chi connectivity index (χ1v) is 6.17. The molecule has 0 radical (unpaired) electrons. The van der Waals surface area contributed by atoms with Crippen LogP contribution in [-0.4, -0.2) is 72.8 Å². The van der Waals surface area contributed by atoms with Gasteiger partial charge in [-0.1, -0.05) is 12.1 Å². The average molecular weight is 298 g/mol.